The van der Waals surface area contributed by atoms with Gasteiger partial charge in [0.05, 0.1) is 40.6 Å². The van der Waals surface area contributed by atoms with Gasteiger partial charge in [-0.1, -0.05) is 54.6 Å². The molecule has 0 aromatic heterocycles. The van der Waals surface area contributed by atoms with Gasteiger partial charge in [0.2, 0.25) is 5.41 Å². The van der Waals surface area contributed by atoms with Gasteiger partial charge in [-0.3, -0.25) is 9.59 Å². The fourth-order valence-electron chi connectivity index (χ4n) is 4.22. The van der Waals surface area contributed by atoms with Crippen molar-refractivity contribution in [2.75, 3.05) is 40.6 Å². The number of hydrogen-bond acceptors (Lipinski definition) is 8. The summed E-state index contributed by atoms with van der Waals surface area (Å²) in [6.45, 7) is 1.89. The first-order valence-electron chi connectivity index (χ1n) is 12.4. The Bertz CT molecular complexity index is 1110. The van der Waals surface area contributed by atoms with Crippen molar-refractivity contribution in [1.82, 2.24) is 0 Å². The molecule has 0 saturated carbocycles. The monoisotopic (exact) mass is 522 g/mol. The second-order valence-corrected chi connectivity index (χ2v) is 8.47. The molecule has 0 fully saturated rings. The number of rotatable bonds is 13. The summed E-state index contributed by atoms with van der Waals surface area (Å²) in [5.74, 6) is -0.555. The lowest BCUT2D eigenvalue weighted by Crippen LogP contribution is -2.51. The molecule has 0 heterocycles. The van der Waals surface area contributed by atoms with E-state index in [9.17, 15) is 14.7 Å². The van der Waals surface area contributed by atoms with Crippen LogP contribution in [0.4, 0.5) is 0 Å². The minimum atomic E-state index is -2.09. The molecule has 8 heteroatoms. The minimum Gasteiger partial charge on any atom is -0.497 e. The van der Waals surface area contributed by atoms with E-state index in [1.54, 1.807) is 52.3 Å². The standard InChI is InChI=1S/C30H34O8/c1-5-36-27(32)29(20-31,28(33)37-6-2)21-38-30(22-10-8-7-9-11-22,23-12-16-25(34-3)17-13-23)24-14-18-26(35-4)19-15-24/h7-19,31H,5-6,20-21H2,1-4H3. The highest BCUT2D eigenvalue weighted by molar-refractivity contribution is 6.00. The summed E-state index contributed by atoms with van der Waals surface area (Å²) < 4.78 is 27.8. The lowest BCUT2D eigenvalue weighted by atomic mass is 9.79. The van der Waals surface area contributed by atoms with Crippen molar-refractivity contribution in [3.8, 4) is 11.5 Å². The van der Waals surface area contributed by atoms with Crippen molar-refractivity contribution < 1.29 is 38.4 Å². The van der Waals surface area contributed by atoms with Crippen LogP contribution in [-0.4, -0.2) is 57.7 Å². The zero-order chi connectivity index (χ0) is 27.6. The maximum atomic E-state index is 13.1. The third-order valence-electron chi connectivity index (χ3n) is 6.31. The van der Waals surface area contributed by atoms with Crippen molar-refractivity contribution in [3.63, 3.8) is 0 Å². The summed E-state index contributed by atoms with van der Waals surface area (Å²) in [5.41, 5.74) is -1.26. The van der Waals surface area contributed by atoms with Crippen molar-refractivity contribution >= 4 is 11.9 Å². The Labute approximate surface area is 223 Å². The third-order valence-corrected chi connectivity index (χ3v) is 6.31. The Kier molecular flexibility index (Phi) is 9.87. The Hall–Kier alpha value is -3.88. The molecule has 0 aliphatic carbocycles. The number of carbonyl (C=O) groups is 2. The highest BCUT2D eigenvalue weighted by Crippen LogP contribution is 2.43. The maximum Gasteiger partial charge on any atom is 0.328 e. The second kappa shape index (κ2) is 13.1. The number of carbonyl (C=O) groups excluding carboxylic acids is 2. The molecule has 3 aromatic rings. The highest BCUT2D eigenvalue weighted by atomic mass is 16.6. The Balaban J connectivity index is 2.26. The van der Waals surface area contributed by atoms with Gasteiger partial charge in [-0.05, 0) is 54.8 Å². The van der Waals surface area contributed by atoms with Crippen LogP contribution in [0.2, 0.25) is 0 Å². The molecule has 0 bridgehead atoms. The van der Waals surface area contributed by atoms with Gasteiger partial charge in [-0.25, -0.2) is 0 Å². The Morgan fingerprint density at radius 1 is 0.684 bits per heavy atom. The number of aliphatic hydroxyl groups is 1. The van der Waals surface area contributed by atoms with Gasteiger partial charge in [0.25, 0.3) is 0 Å². The van der Waals surface area contributed by atoms with Crippen LogP contribution in [0, 0.1) is 5.41 Å². The summed E-state index contributed by atoms with van der Waals surface area (Å²) >= 11 is 0. The zero-order valence-electron chi connectivity index (χ0n) is 22.1. The molecule has 0 aliphatic heterocycles. The lowest BCUT2D eigenvalue weighted by Gasteiger charge is -2.38. The van der Waals surface area contributed by atoms with Gasteiger partial charge < -0.3 is 28.8 Å². The first kappa shape index (κ1) is 28.7. The van der Waals surface area contributed by atoms with Crippen LogP contribution in [0.25, 0.3) is 0 Å². The average Bonchev–Trinajstić information content (AvgIpc) is 2.96. The van der Waals surface area contributed by atoms with Gasteiger partial charge in [-0.15, -0.1) is 0 Å². The molecule has 0 atom stereocenters. The Morgan fingerprint density at radius 3 is 1.47 bits per heavy atom. The molecule has 3 rings (SSSR count). The number of ether oxygens (including phenoxy) is 5. The van der Waals surface area contributed by atoms with Gasteiger partial charge >= 0.3 is 11.9 Å². The van der Waals surface area contributed by atoms with Gasteiger partial charge in [-0.2, -0.15) is 0 Å². The number of esters is 2. The summed E-state index contributed by atoms with van der Waals surface area (Å²) in [7, 11) is 3.15. The SMILES string of the molecule is CCOC(=O)C(CO)(COC(c1ccccc1)(c1ccc(OC)cc1)c1ccc(OC)cc1)C(=O)OCC. The molecule has 38 heavy (non-hydrogen) atoms. The number of benzene rings is 3. The summed E-state index contributed by atoms with van der Waals surface area (Å²) in [4.78, 5) is 26.2. The van der Waals surface area contributed by atoms with E-state index in [1.165, 1.54) is 0 Å². The quantitative estimate of drug-likeness (QED) is 0.203. The van der Waals surface area contributed by atoms with E-state index < -0.39 is 36.2 Å². The first-order valence-corrected chi connectivity index (χ1v) is 12.4. The van der Waals surface area contributed by atoms with Crippen molar-refractivity contribution in [1.29, 1.82) is 0 Å². The van der Waals surface area contributed by atoms with Crippen LogP contribution in [0.5, 0.6) is 11.5 Å². The smallest absolute Gasteiger partial charge is 0.328 e. The van der Waals surface area contributed by atoms with Gasteiger partial charge in [0.1, 0.15) is 17.1 Å². The highest BCUT2D eigenvalue weighted by Gasteiger charge is 2.52. The molecule has 0 radical (unpaired) electrons. The third kappa shape index (κ3) is 5.66. The van der Waals surface area contributed by atoms with Crippen LogP contribution < -0.4 is 9.47 Å². The Morgan fingerprint density at radius 2 is 1.11 bits per heavy atom. The normalized spacial score (nSPS) is 11.5. The molecule has 0 spiro atoms. The molecule has 0 saturated heterocycles. The fourth-order valence-corrected chi connectivity index (χ4v) is 4.22. The predicted octanol–water partition coefficient (Wildman–Crippen LogP) is 4.12. The van der Waals surface area contributed by atoms with Crippen LogP contribution in [-0.2, 0) is 29.4 Å². The first-order chi connectivity index (χ1) is 18.4. The molecular formula is C30H34O8. The molecule has 202 valence electrons. The predicted molar refractivity (Wildman–Crippen MR) is 141 cm³/mol. The maximum absolute atomic E-state index is 13.1. The summed E-state index contributed by atoms with van der Waals surface area (Å²) in [6.07, 6.45) is 0. The van der Waals surface area contributed by atoms with E-state index in [-0.39, 0.29) is 13.2 Å². The van der Waals surface area contributed by atoms with Crippen molar-refractivity contribution in [2.24, 2.45) is 5.41 Å². The van der Waals surface area contributed by atoms with Crippen LogP contribution in [0.1, 0.15) is 30.5 Å². The van der Waals surface area contributed by atoms with Gasteiger partial charge in [0.15, 0.2) is 0 Å². The lowest BCUT2D eigenvalue weighted by molar-refractivity contribution is -0.184. The van der Waals surface area contributed by atoms with E-state index in [0.29, 0.717) is 22.6 Å². The van der Waals surface area contributed by atoms with E-state index >= 15 is 0 Å². The van der Waals surface area contributed by atoms with Gasteiger partial charge in [0, 0.05) is 0 Å². The molecular weight excluding hydrogens is 488 g/mol. The molecule has 0 aliphatic rings. The number of hydrogen-bond donors (Lipinski definition) is 1. The molecule has 1 N–H and O–H groups in total. The van der Waals surface area contributed by atoms with Crippen molar-refractivity contribution in [2.45, 2.75) is 19.4 Å². The second-order valence-electron chi connectivity index (χ2n) is 8.47. The molecule has 3 aromatic carbocycles. The number of aliphatic hydroxyl groups excluding tert-OH is 1. The molecule has 8 nitrogen and oxygen atoms in total. The summed E-state index contributed by atoms with van der Waals surface area (Å²) in [5, 5.41) is 10.4. The minimum absolute atomic E-state index is 0.0147. The average molecular weight is 523 g/mol. The zero-order valence-corrected chi connectivity index (χ0v) is 22.1. The van der Waals surface area contributed by atoms with E-state index in [1.807, 2.05) is 54.6 Å². The van der Waals surface area contributed by atoms with Crippen LogP contribution in [0.3, 0.4) is 0 Å². The molecule has 0 unspecified atom stereocenters. The topological polar surface area (TPSA) is 101 Å². The van der Waals surface area contributed by atoms with E-state index in [0.717, 1.165) is 5.56 Å². The van der Waals surface area contributed by atoms with E-state index in [4.69, 9.17) is 23.7 Å². The van der Waals surface area contributed by atoms with E-state index in [2.05, 4.69) is 0 Å². The molecule has 0 amide bonds. The van der Waals surface area contributed by atoms with Crippen LogP contribution >= 0.6 is 0 Å². The van der Waals surface area contributed by atoms with Crippen LogP contribution in [0.15, 0.2) is 78.9 Å². The largest absolute Gasteiger partial charge is 0.497 e. The van der Waals surface area contributed by atoms with Crippen molar-refractivity contribution in [3.05, 3.63) is 95.6 Å². The number of methoxy groups -OCH3 is 2. The fraction of sp³-hybridized carbons (Fsp3) is 0.333. The summed E-state index contributed by atoms with van der Waals surface area (Å²) in [6, 6.07) is 24.0.